The Hall–Kier alpha value is -1.52. The van der Waals surface area contributed by atoms with Crippen molar-refractivity contribution in [3.8, 4) is 0 Å². The highest BCUT2D eigenvalue weighted by molar-refractivity contribution is 5.96. The van der Waals surface area contributed by atoms with Crippen LogP contribution in [0.5, 0.6) is 0 Å². The number of hydrogen-bond donors (Lipinski definition) is 3. The second kappa shape index (κ2) is 17.3. The highest BCUT2D eigenvalue weighted by atomic mass is 16.7. The van der Waals surface area contributed by atoms with Gasteiger partial charge in [0.25, 0.3) is 0 Å². The Bertz CT molecular complexity index is 1210. The zero-order valence-electron chi connectivity index (χ0n) is 33.4. The Morgan fingerprint density at radius 2 is 1.55 bits per heavy atom. The molecule has 2 fully saturated rings. The van der Waals surface area contributed by atoms with Crippen molar-refractivity contribution in [3.05, 3.63) is 11.6 Å². The molecule has 3 heterocycles. The maximum Gasteiger partial charge on any atom is 0.311 e. The third-order valence-corrected chi connectivity index (χ3v) is 11.6. The molecule has 3 N–H and O–H groups in total. The van der Waals surface area contributed by atoms with Crippen LogP contribution < -0.4 is 0 Å². The van der Waals surface area contributed by atoms with E-state index in [0.29, 0.717) is 12.0 Å². The molecule has 3 rings (SSSR count). The first-order chi connectivity index (χ1) is 23.5. The van der Waals surface area contributed by atoms with E-state index in [2.05, 4.69) is 0 Å². The molecule has 0 saturated carbocycles. The molecule has 0 aromatic heterocycles. The van der Waals surface area contributed by atoms with Crippen LogP contribution in [0.2, 0.25) is 0 Å². The highest BCUT2D eigenvalue weighted by Crippen LogP contribution is 2.41. The lowest BCUT2D eigenvalue weighted by Gasteiger charge is -2.49. The normalized spacial score (nSPS) is 47.7. The van der Waals surface area contributed by atoms with E-state index in [4.69, 9.17) is 33.2 Å². The van der Waals surface area contributed by atoms with Crippen LogP contribution in [-0.2, 0) is 42.7 Å². The Morgan fingerprint density at radius 1 is 0.941 bits per heavy atom. The molecule has 296 valence electrons. The first-order valence-electron chi connectivity index (χ1n) is 18.5. The van der Waals surface area contributed by atoms with Gasteiger partial charge in [-0.25, -0.2) is 0 Å². The second-order valence-corrected chi connectivity index (χ2v) is 16.2. The summed E-state index contributed by atoms with van der Waals surface area (Å²) in [6.45, 7) is 17.6. The minimum atomic E-state index is -1.64. The smallest absolute Gasteiger partial charge is 0.311 e. The zero-order valence-corrected chi connectivity index (χ0v) is 33.4. The molecule has 13 nitrogen and oxygen atoms in total. The van der Waals surface area contributed by atoms with Gasteiger partial charge < -0.3 is 53.4 Å². The number of allylic oxidation sites excluding steroid dienone is 1. The van der Waals surface area contributed by atoms with Gasteiger partial charge in [0.15, 0.2) is 18.4 Å². The number of Topliss-reactive ketones (excluding diaryl/α,β-unsaturated/α-hetero) is 1. The van der Waals surface area contributed by atoms with E-state index in [1.165, 1.54) is 27.2 Å². The Morgan fingerprint density at radius 3 is 2.10 bits per heavy atom. The van der Waals surface area contributed by atoms with Crippen LogP contribution in [0, 0.1) is 17.8 Å². The van der Waals surface area contributed by atoms with Crippen LogP contribution in [-0.4, -0.2) is 138 Å². The van der Waals surface area contributed by atoms with E-state index >= 15 is 0 Å². The van der Waals surface area contributed by atoms with Crippen LogP contribution in [0.1, 0.15) is 94.9 Å². The number of ketones is 1. The van der Waals surface area contributed by atoms with E-state index in [9.17, 15) is 24.9 Å². The average Bonchev–Trinajstić information content (AvgIpc) is 3.06. The van der Waals surface area contributed by atoms with Crippen molar-refractivity contribution < 1.29 is 58.1 Å². The zero-order chi connectivity index (χ0) is 38.8. The molecule has 2 saturated heterocycles. The molecule has 0 aromatic rings. The summed E-state index contributed by atoms with van der Waals surface area (Å²) in [5.41, 5.74) is -3.50. The van der Waals surface area contributed by atoms with Gasteiger partial charge in [0.2, 0.25) is 0 Å². The number of methoxy groups -OCH3 is 2. The third-order valence-electron chi connectivity index (χ3n) is 11.6. The van der Waals surface area contributed by atoms with Crippen molar-refractivity contribution in [1.82, 2.24) is 4.90 Å². The Kier molecular flexibility index (Phi) is 14.9. The van der Waals surface area contributed by atoms with Crippen molar-refractivity contribution in [3.63, 3.8) is 0 Å². The fraction of sp³-hybridized carbons (Fsp3) is 0.895. The first-order valence-corrected chi connectivity index (χ1v) is 18.5. The number of aliphatic hydroxyl groups excluding tert-OH is 2. The molecule has 51 heavy (non-hydrogen) atoms. The van der Waals surface area contributed by atoms with Crippen molar-refractivity contribution in [2.75, 3.05) is 28.3 Å². The highest BCUT2D eigenvalue weighted by Gasteiger charge is 2.52. The summed E-state index contributed by atoms with van der Waals surface area (Å²) >= 11 is 0. The number of aliphatic hydroxyl groups is 3. The number of ether oxygens (including phenoxy) is 7. The maximum absolute atomic E-state index is 14.1. The summed E-state index contributed by atoms with van der Waals surface area (Å²) in [6, 6.07) is -0.260. The number of esters is 1. The summed E-state index contributed by atoms with van der Waals surface area (Å²) in [6.07, 6.45) is -4.99. The van der Waals surface area contributed by atoms with Gasteiger partial charge in [-0.15, -0.1) is 0 Å². The molecular formula is C38H67NO12. The summed E-state index contributed by atoms with van der Waals surface area (Å²) in [5.74, 6) is -3.03. The van der Waals surface area contributed by atoms with E-state index in [1.807, 2.05) is 39.8 Å². The van der Waals surface area contributed by atoms with Crippen LogP contribution in [0.25, 0.3) is 0 Å². The first kappa shape index (κ1) is 43.9. The van der Waals surface area contributed by atoms with Crippen molar-refractivity contribution in [2.45, 2.75) is 173 Å². The maximum atomic E-state index is 14.1. The molecule has 0 aliphatic carbocycles. The summed E-state index contributed by atoms with van der Waals surface area (Å²) in [5, 5.41) is 34.0. The minimum absolute atomic E-state index is 0.154. The number of rotatable bonds is 8. The van der Waals surface area contributed by atoms with Crippen LogP contribution in [0.15, 0.2) is 11.6 Å². The number of nitrogens with zero attached hydrogens (tertiary/aromatic N) is 1. The lowest BCUT2D eigenvalue weighted by atomic mass is 9.76. The quantitative estimate of drug-likeness (QED) is 0.312. The molecule has 0 spiro atoms. The number of likely N-dealkylation sites (N-methyl/N-ethyl adjacent to an activating group) is 1. The van der Waals surface area contributed by atoms with E-state index < -0.39 is 89.7 Å². The van der Waals surface area contributed by atoms with Gasteiger partial charge >= 0.3 is 5.97 Å². The largest absolute Gasteiger partial charge is 0.459 e. The number of carbonyl (C=O) groups excluding carboxylic acids is 2. The van der Waals surface area contributed by atoms with Crippen molar-refractivity contribution in [1.29, 1.82) is 0 Å². The molecule has 0 bridgehead atoms. The molecule has 0 amide bonds. The molecule has 0 radical (unpaired) electrons. The average molecular weight is 730 g/mol. The summed E-state index contributed by atoms with van der Waals surface area (Å²) < 4.78 is 44.0. The second-order valence-electron chi connectivity index (χ2n) is 16.2. The summed E-state index contributed by atoms with van der Waals surface area (Å²) in [4.78, 5) is 29.9. The topological polar surface area (TPSA) is 163 Å². The fourth-order valence-corrected chi connectivity index (χ4v) is 8.27. The number of hydrogen-bond acceptors (Lipinski definition) is 13. The van der Waals surface area contributed by atoms with E-state index in [1.54, 1.807) is 41.5 Å². The van der Waals surface area contributed by atoms with Crippen LogP contribution in [0.4, 0.5) is 0 Å². The standard InChI is InChI=1S/C38H67NO12/c1-15-27-36(8,44)17-20(2)29(40)21(3)18-38(10,46-14)33(51-35-30(41)26(39(11)12)16-22(4)47-35)23(5)31(24(6)34(43)49-27)50-28-19-37(9,45-13)32(42)25(7)48-28/h17,21-28,30-33,35,41-42,44H,15-16,18-19H2,1-14H3/b20-17-/t21-,22-,23+,24-,25+,26+,27-,28+,30-,31+,32+,33-,35+,36+,37-,38-/m1/s1. The SMILES string of the molecule is CC[C@H]1OC(=O)[C@H](C)[C@@H](O[C@H]2C[C@@](C)(OC)[C@@H](O)[C@H](C)O2)[C@H](C)[C@@H](O[C@@H]2O[C@H](C)C[C@H](N(C)C)[C@H]2O)[C@](C)(OC)C[C@@H](C)C(=O)/C(C)=C\[C@]1(C)O. The molecule has 3 aliphatic heterocycles. The molecule has 0 unspecified atom stereocenters. The minimum Gasteiger partial charge on any atom is -0.459 e. The monoisotopic (exact) mass is 729 g/mol. The Balaban J connectivity index is 2.22. The van der Waals surface area contributed by atoms with Crippen LogP contribution in [0.3, 0.4) is 0 Å². The van der Waals surface area contributed by atoms with Gasteiger partial charge in [0.1, 0.15) is 23.9 Å². The summed E-state index contributed by atoms with van der Waals surface area (Å²) in [7, 11) is 6.84. The van der Waals surface area contributed by atoms with E-state index in [0.717, 1.165) is 0 Å². The van der Waals surface area contributed by atoms with Gasteiger partial charge in [0.05, 0.1) is 41.5 Å². The van der Waals surface area contributed by atoms with Gasteiger partial charge in [-0.05, 0) is 93.5 Å². The molecular weight excluding hydrogens is 662 g/mol. The van der Waals surface area contributed by atoms with E-state index in [-0.39, 0.29) is 37.2 Å². The third kappa shape index (κ3) is 9.78. The van der Waals surface area contributed by atoms with Gasteiger partial charge in [-0.2, -0.15) is 0 Å². The van der Waals surface area contributed by atoms with Gasteiger partial charge in [-0.3, -0.25) is 9.59 Å². The van der Waals surface area contributed by atoms with Crippen molar-refractivity contribution >= 4 is 11.8 Å². The predicted molar refractivity (Wildman–Crippen MR) is 190 cm³/mol. The fourth-order valence-electron chi connectivity index (χ4n) is 8.27. The number of cyclic esters (lactones) is 1. The molecule has 0 aromatic carbocycles. The lowest BCUT2D eigenvalue weighted by molar-refractivity contribution is -0.319. The van der Waals surface area contributed by atoms with Crippen LogP contribution >= 0.6 is 0 Å². The number of carbonyl (C=O) groups is 2. The van der Waals surface area contributed by atoms with Crippen molar-refractivity contribution in [2.24, 2.45) is 17.8 Å². The Labute approximate surface area is 305 Å². The lowest BCUT2D eigenvalue weighted by Crippen LogP contribution is -2.61. The molecule has 3 aliphatic rings. The predicted octanol–water partition coefficient (Wildman–Crippen LogP) is 3.39. The molecule has 13 heteroatoms. The van der Waals surface area contributed by atoms with Gasteiger partial charge in [-0.1, -0.05) is 20.8 Å². The van der Waals surface area contributed by atoms with Gasteiger partial charge in [0, 0.05) is 38.5 Å². The molecule has 16 atom stereocenters.